The Balaban J connectivity index is 1.57. The first-order chi connectivity index (χ1) is 13.8. The van der Waals surface area contributed by atoms with E-state index in [1.54, 1.807) is 0 Å². The lowest BCUT2D eigenvalue weighted by molar-refractivity contribution is 0.508. The van der Waals surface area contributed by atoms with E-state index in [2.05, 4.69) is 96.9 Å². The number of rotatable bonds is 6. The molecule has 3 aromatic carbocycles. The van der Waals surface area contributed by atoms with E-state index in [1.807, 2.05) is 18.3 Å². The van der Waals surface area contributed by atoms with Gasteiger partial charge in [0.05, 0.1) is 6.20 Å². The third-order valence-electron chi connectivity index (χ3n) is 4.82. The third-order valence-corrected chi connectivity index (χ3v) is 4.82. The Morgan fingerprint density at radius 3 is 2.25 bits per heavy atom. The van der Waals surface area contributed by atoms with E-state index in [4.69, 9.17) is 4.42 Å². The van der Waals surface area contributed by atoms with Crippen molar-refractivity contribution in [2.45, 2.75) is 19.3 Å². The summed E-state index contributed by atoms with van der Waals surface area (Å²) < 4.78 is 6.07. The molecular weight excluding hydrogens is 342 g/mol. The minimum atomic E-state index is 0.222. The summed E-state index contributed by atoms with van der Waals surface area (Å²) in [5.74, 6) is 1.79. The maximum atomic E-state index is 6.07. The summed E-state index contributed by atoms with van der Waals surface area (Å²) >= 11 is 0. The molecule has 4 aromatic rings. The molecule has 28 heavy (non-hydrogen) atoms. The number of oxazole rings is 1. The van der Waals surface area contributed by atoms with Gasteiger partial charge >= 0.3 is 0 Å². The van der Waals surface area contributed by atoms with Crippen LogP contribution in [0.4, 0.5) is 0 Å². The fourth-order valence-corrected chi connectivity index (χ4v) is 3.24. The summed E-state index contributed by atoms with van der Waals surface area (Å²) in [6.07, 6.45) is 7.04. The summed E-state index contributed by atoms with van der Waals surface area (Å²) in [6, 6.07) is 29.2. The van der Waals surface area contributed by atoms with Gasteiger partial charge in [-0.1, -0.05) is 90.5 Å². The molecular formula is C26H23NO. The van der Waals surface area contributed by atoms with Crippen LogP contribution in [-0.2, 0) is 6.42 Å². The van der Waals surface area contributed by atoms with Gasteiger partial charge < -0.3 is 4.42 Å². The second kappa shape index (κ2) is 8.53. The standard InChI is InChI=1S/C26H23NO/c1-20-12-15-23(16-13-20)26-27-19-25(28-26)18-24(22-10-6-3-7-11-22)17-14-21-8-4-2-5-9-21/h2-17,19,24H,18H2,1H3/b17-14+. The van der Waals surface area contributed by atoms with Crippen LogP contribution in [0, 0.1) is 6.92 Å². The molecule has 0 aliphatic rings. The Kier molecular flexibility index (Phi) is 5.48. The number of aromatic nitrogens is 1. The fourth-order valence-electron chi connectivity index (χ4n) is 3.24. The van der Waals surface area contributed by atoms with Gasteiger partial charge in [0, 0.05) is 17.9 Å². The molecule has 138 valence electrons. The number of hydrogen-bond donors (Lipinski definition) is 0. The lowest BCUT2D eigenvalue weighted by Gasteiger charge is -2.11. The molecule has 4 rings (SSSR count). The monoisotopic (exact) mass is 365 g/mol. The number of benzene rings is 3. The molecule has 1 atom stereocenters. The maximum Gasteiger partial charge on any atom is 0.226 e. The predicted octanol–water partition coefficient (Wildman–Crippen LogP) is 6.69. The van der Waals surface area contributed by atoms with Crippen molar-refractivity contribution in [2.75, 3.05) is 0 Å². The first-order valence-corrected chi connectivity index (χ1v) is 9.58. The van der Waals surface area contributed by atoms with Gasteiger partial charge in [-0.2, -0.15) is 0 Å². The van der Waals surface area contributed by atoms with Crippen molar-refractivity contribution in [1.82, 2.24) is 4.98 Å². The Labute approximate surface area is 166 Å². The molecule has 2 heteroatoms. The molecule has 0 bridgehead atoms. The molecule has 0 amide bonds. The Bertz CT molecular complexity index is 1030. The molecule has 0 aliphatic carbocycles. The van der Waals surface area contributed by atoms with Crippen LogP contribution in [0.25, 0.3) is 17.5 Å². The smallest absolute Gasteiger partial charge is 0.226 e. The van der Waals surface area contributed by atoms with E-state index in [9.17, 15) is 0 Å². The van der Waals surface area contributed by atoms with Crippen molar-refractivity contribution in [3.8, 4) is 11.5 Å². The molecule has 2 nitrogen and oxygen atoms in total. The third kappa shape index (κ3) is 4.47. The van der Waals surface area contributed by atoms with Crippen molar-refractivity contribution in [1.29, 1.82) is 0 Å². The summed E-state index contributed by atoms with van der Waals surface area (Å²) in [5, 5.41) is 0. The van der Waals surface area contributed by atoms with Crippen LogP contribution in [0.5, 0.6) is 0 Å². The Morgan fingerprint density at radius 1 is 0.857 bits per heavy atom. The minimum absolute atomic E-state index is 0.222. The number of allylic oxidation sites excluding steroid dienone is 1. The number of hydrogen-bond acceptors (Lipinski definition) is 2. The molecule has 0 N–H and O–H groups in total. The first kappa shape index (κ1) is 18.0. The van der Waals surface area contributed by atoms with E-state index in [0.29, 0.717) is 5.89 Å². The second-order valence-electron chi connectivity index (χ2n) is 6.99. The lowest BCUT2D eigenvalue weighted by atomic mass is 9.93. The van der Waals surface area contributed by atoms with E-state index >= 15 is 0 Å². The molecule has 0 saturated heterocycles. The van der Waals surface area contributed by atoms with Gasteiger partial charge in [-0.05, 0) is 30.2 Å². The Morgan fingerprint density at radius 2 is 1.54 bits per heavy atom. The van der Waals surface area contributed by atoms with E-state index in [1.165, 1.54) is 16.7 Å². The van der Waals surface area contributed by atoms with Crippen LogP contribution < -0.4 is 0 Å². The Hall–Kier alpha value is -3.39. The molecule has 0 saturated carbocycles. The highest BCUT2D eigenvalue weighted by Gasteiger charge is 2.13. The van der Waals surface area contributed by atoms with Gasteiger partial charge in [0.15, 0.2) is 0 Å². The molecule has 0 spiro atoms. The second-order valence-corrected chi connectivity index (χ2v) is 6.99. The zero-order chi connectivity index (χ0) is 19.2. The van der Waals surface area contributed by atoms with Gasteiger partial charge in [-0.25, -0.2) is 4.98 Å². The minimum Gasteiger partial charge on any atom is -0.441 e. The average Bonchev–Trinajstić information content (AvgIpc) is 3.21. The maximum absolute atomic E-state index is 6.07. The highest BCUT2D eigenvalue weighted by Crippen LogP contribution is 2.26. The molecule has 1 heterocycles. The van der Waals surface area contributed by atoms with Crippen LogP contribution >= 0.6 is 0 Å². The van der Waals surface area contributed by atoms with Crippen LogP contribution in [0.2, 0.25) is 0 Å². The number of aryl methyl sites for hydroxylation is 1. The highest BCUT2D eigenvalue weighted by atomic mass is 16.4. The van der Waals surface area contributed by atoms with E-state index < -0.39 is 0 Å². The van der Waals surface area contributed by atoms with Crippen LogP contribution in [-0.4, -0.2) is 4.98 Å². The molecule has 0 fully saturated rings. The first-order valence-electron chi connectivity index (χ1n) is 9.58. The van der Waals surface area contributed by atoms with Crippen molar-refractivity contribution in [2.24, 2.45) is 0 Å². The molecule has 0 radical (unpaired) electrons. The lowest BCUT2D eigenvalue weighted by Crippen LogP contribution is -1.99. The zero-order valence-corrected chi connectivity index (χ0v) is 16.0. The van der Waals surface area contributed by atoms with Gasteiger partial charge in [-0.3, -0.25) is 0 Å². The summed E-state index contributed by atoms with van der Waals surface area (Å²) in [4.78, 5) is 4.49. The molecule has 0 aliphatic heterocycles. The molecule has 1 unspecified atom stereocenters. The van der Waals surface area contributed by atoms with E-state index in [-0.39, 0.29) is 5.92 Å². The predicted molar refractivity (Wildman–Crippen MR) is 115 cm³/mol. The van der Waals surface area contributed by atoms with Crippen molar-refractivity contribution in [3.05, 3.63) is 120 Å². The average molecular weight is 365 g/mol. The van der Waals surface area contributed by atoms with Gasteiger partial charge in [0.25, 0.3) is 0 Å². The quantitative estimate of drug-likeness (QED) is 0.380. The van der Waals surface area contributed by atoms with Crippen molar-refractivity contribution >= 4 is 6.08 Å². The van der Waals surface area contributed by atoms with Crippen molar-refractivity contribution in [3.63, 3.8) is 0 Å². The fraction of sp³-hybridized carbons (Fsp3) is 0.115. The summed E-state index contributed by atoms with van der Waals surface area (Å²) in [5.41, 5.74) is 4.70. The van der Waals surface area contributed by atoms with Crippen LogP contribution in [0.3, 0.4) is 0 Å². The SMILES string of the molecule is Cc1ccc(-c2ncc(CC(/C=C/c3ccccc3)c3ccccc3)o2)cc1. The van der Waals surface area contributed by atoms with Crippen LogP contribution in [0.15, 0.2) is 102 Å². The zero-order valence-electron chi connectivity index (χ0n) is 16.0. The van der Waals surface area contributed by atoms with E-state index in [0.717, 1.165) is 17.7 Å². The molecule has 1 aromatic heterocycles. The largest absolute Gasteiger partial charge is 0.441 e. The topological polar surface area (TPSA) is 26.0 Å². The highest BCUT2D eigenvalue weighted by molar-refractivity contribution is 5.54. The normalized spacial score (nSPS) is 12.3. The van der Waals surface area contributed by atoms with Crippen LogP contribution in [0.1, 0.15) is 28.4 Å². The summed E-state index contributed by atoms with van der Waals surface area (Å²) in [6.45, 7) is 2.08. The number of nitrogens with zero attached hydrogens (tertiary/aromatic N) is 1. The van der Waals surface area contributed by atoms with Gasteiger partial charge in [0.2, 0.25) is 5.89 Å². The summed E-state index contributed by atoms with van der Waals surface area (Å²) in [7, 11) is 0. The van der Waals surface area contributed by atoms with Gasteiger partial charge in [0.1, 0.15) is 5.76 Å². The van der Waals surface area contributed by atoms with Crippen molar-refractivity contribution < 1.29 is 4.42 Å². The van der Waals surface area contributed by atoms with Gasteiger partial charge in [-0.15, -0.1) is 0 Å².